The van der Waals surface area contributed by atoms with Crippen LogP contribution in [0.1, 0.15) is 11.6 Å². The Morgan fingerprint density at radius 1 is 1.17 bits per heavy atom. The van der Waals surface area contributed by atoms with Gasteiger partial charge in [0.2, 0.25) is 6.79 Å². The van der Waals surface area contributed by atoms with Gasteiger partial charge in [0.25, 0.3) is 0 Å². The molecule has 0 spiro atoms. The average molecular weight is 335 g/mol. The fourth-order valence-corrected chi connectivity index (χ4v) is 2.89. The molecule has 0 bridgehead atoms. The monoisotopic (exact) mass is 334 g/mol. The first-order valence-corrected chi connectivity index (χ1v) is 7.43. The predicted molar refractivity (Wildman–Crippen MR) is 89.9 cm³/mol. The molecule has 0 amide bonds. The Morgan fingerprint density at radius 3 is 2.96 bits per heavy atom. The number of pyridine rings is 1. The first-order chi connectivity index (χ1) is 10.9. The van der Waals surface area contributed by atoms with Crippen LogP contribution in [0, 0.1) is 5.92 Å². The van der Waals surface area contributed by atoms with Gasteiger partial charge in [0, 0.05) is 25.2 Å². The number of hydrogen-bond donors (Lipinski definition) is 3. The number of nitrogens with zero attached hydrogens (tertiary/aromatic N) is 1. The van der Waals surface area contributed by atoms with Crippen molar-refractivity contribution in [2.45, 2.75) is 6.04 Å². The smallest absolute Gasteiger partial charge is 0.231 e. The molecule has 7 heteroatoms. The van der Waals surface area contributed by atoms with Crippen molar-refractivity contribution in [1.29, 1.82) is 0 Å². The van der Waals surface area contributed by atoms with Gasteiger partial charge >= 0.3 is 0 Å². The van der Waals surface area contributed by atoms with Crippen molar-refractivity contribution in [2.24, 2.45) is 5.92 Å². The number of nitrogens with one attached hydrogen (secondary N) is 3. The van der Waals surface area contributed by atoms with Crippen molar-refractivity contribution >= 4 is 18.2 Å². The lowest BCUT2D eigenvalue weighted by molar-refractivity contribution is 0.174. The number of anilines is 1. The number of hydrazine groups is 1. The zero-order valence-corrected chi connectivity index (χ0v) is 13.3. The minimum atomic E-state index is 0. The van der Waals surface area contributed by atoms with Crippen LogP contribution in [0.2, 0.25) is 0 Å². The molecule has 0 radical (unpaired) electrons. The molecule has 3 N–H and O–H groups in total. The summed E-state index contributed by atoms with van der Waals surface area (Å²) in [5.41, 5.74) is 7.78. The summed E-state index contributed by atoms with van der Waals surface area (Å²) in [6, 6.07) is 12.2. The van der Waals surface area contributed by atoms with Gasteiger partial charge in [-0.25, -0.2) is 10.4 Å². The van der Waals surface area contributed by atoms with E-state index in [4.69, 9.17) is 9.47 Å². The third kappa shape index (κ3) is 3.34. The Labute approximate surface area is 141 Å². The summed E-state index contributed by atoms with van der Waals surface area (Å²) in [4.78, 5) is 4.30. The predicted octanol–water partition coefficient (Wildman–Crippen LogP) is 2.11. The molecule has 2 aliphatic heterocycles. The first-order valence-electron chi connectivity index (χ1n) is 7.43. The summed E-state index contributed by atoms with van der Waals surface area (Å²) < 4.78 is 10.8. The SMILES string of the molecule is Cl.c1ccc(NCC2CNNC2c2ccc3c(c2)OCO3)nc1. The van der Waals surface area contributed by atoms with Crippen LogP contribution >= 0.6 is 12.4 Å². The van der Waals surface area contributed by atoms with Crippen molar-refractivity contribution in [3.8, 4) is 11.5 Å². The zero-order valence-electron chi connectivity index (χ0n) is 12.5. The maximum Gasteiger partial charge on any atom is 0.231 e. The molecule has 4 rings (SSSR count). The minimum absolute atomic E-state index is 0. The number of ether oxygens (including phenoxy) is 2. The van der Waals surface area contributed by atoms with E-state index in [9.17, 15) is 0 Å². The molecule has 3 heterocycles. The van der Waals surface area contributed by atoms with Gasteiger partial charge in [0.1, 0.15) is 5.82 Å². The van der Waals surface area contributed by atoms with Crippen molar-refractivity contribution in [3.05, 3.63) is 48.2 Å². The van der Waals surface area contributed by atoms with Crippen LogP contribution in [-0.2, 0) is 0 Å². The third-order valence-electron chi connectivity index (χ3n) is 4.06. The van der Waals surface area contributed by atoms with Gasteiger partial charge in [-0.1, -0.05) is 12.1 Å². The van der Waals surface area contributed by atoms with Crippen molar-refractivity contribution in [3.63, 3.8) is 0 Å². The fraction of sp³-hybridized carbons (Fsp3) is 0.312. The number of benzene rings is 1. The highest BCUT2D eigenvalue weighted by atomic mass is 35.5. The van der Waals surface area contributed by atoms with Crippen molar-refractivity contribution < 1.29 is 9.47 Å². The molecule has 23 heavy (non-hydrogen) atoms. The number of halogens is 1. The highest BCUT2D eigenvalue weighted by molar-refractivity contribution is 5.85. The van der Waals surface area contributed by atoms with E-state index in [-0.39, 0.29) is 18.4 Å². The Hall–Kier alpha value is -2.02. The summed E-state index contributed by atoms with van der Waals surface area (Å²) in [6.45, 7) is 2.05. The standard InChI is InChI=1S/C16H18N4O2.ClH/c1-2-6-17-15(3-1)18-8-12-9-19-20-16(12)11-4-5-13-14(7-11)22-10-21-13;/h1-7,12,16,19-20H,8-10H2,(H,17,18);1H. The van der Waals surface area contributed by atoms with Gasteiger partial charge in [-0.3, -0.25) is 5.43 Å². The summed E-state index contributed by atoms with van der Waals surface area (Å²) in [5, 5.41) is 3.39. The molecule has 2 atom stereocenters. The molecule has 2 unspecified atom stereocenters. The van der Waals surface area contributed by atoms with Crippen LogP contribution in [0.4, 0.5) is 5.82 Å². The summed E-state index contributed by atoms with van der Waals surface area (Å²) >= 11 is 0. The highest BCUT2D eigenvalue weighted by Crippen LogP contribution is 2.36. The Morgan fingerprint density at radius 2 is 2.09 bits per heavy atom. The molecular weight excluding hydrogens is 316 g/mol. The Bertz CT molecular complexity index is 656. The second-order valence-electron chi connectivity index (χ2n) is 5.47. The molecule has 2 aromatic rings. The Kier molecular flexibility index (Phi) is 4.85. The number of hydrogen-bond acceptors (Lipinski definition) is 6. The average Bonchev–Trinajstić information content (AvgIpc) is 3.22. The van der Waals surface area contributed by atoms with Crippen LogP contribution in [0.15, 0.2) is 42.6 Å². The van der Waals surface area contributed by atoms with E-state index >= 15 is 0 Å². The van der Waals surface area contributed by atoms with E-state index in [1.54, 1.807) is 6.20 Å². The summed E-state index contributed by atoms with van der Waals surface area (Å²) in [7, 11) is 0. The summed E-state index contributed by atoms with van der Waals surface area (Å²) in [5.74, 6) is 2.96. The molecule has 2 aliphatic rings. The summed E-state index contributed by atoms with van der Waals surface area (Å²) in [6.07, 6.45) is 1.79. The number of aromatic nitrogens is 1. The molecule has 0 aliphatic carbocycles. The van der Waals surface area contributed by atoms with Crippen molar-refractivity contribution in [2.75, 3.05) is 25.2 Å². The molecule has 1 fully saturated rings. The molecule has 1 aromatic carbocycles. The molecule has 122 valence electrons. The van der Waals surface area contributed by atoms with Gasteiger partial charge in [-0.2, -0.15) is 0 Å². The fourth-order valence-electron chi connectivity index (χ4n) is 2.89. The van der Waals surface area contributed by atoms with Crippen molar-refractivity contribution in [1.82, 2.24) is 15.8 Å². The van der Waals surface area contributed by atoms with E-state index in [0.29, 0.717) is 12.7 Å². The lowest BCUT2D eigenvalue weighted by Gasteiger charge is -2.19. The molecule has 0 saturated carbocycles. The van der Waals surface area contributed by atoms with Crippen LogP contribution in [0.5, 0.6) is 11.5 Å². The molecule has 6 nitrogen and oxygen atoms in total. The molecule has 1 saturated heterocycles. The van der Waals surface area contributed by atoms with Crippen LogP contribution in [0.25, 0.3) is 0 Å². The van der Waals surface area contributed by atoms with Crippen LogP contribution in [-0.4, -0.2) is 24.9 Å². The van der Waals surface area contributed by atoms with E-state index in [1.807, 2.05) is 24.3 Å². The number of rotatable bonds is 4. The normalized spacial score (nSPS) is 21.7. The molecular formula is C16H19ClN4O2. The zero-order chi connectivity index (χ0) is 14.8. The van der Waals surface area contributed by atoms with Crippen LogP contribution < -0.4 is 25.6 Å². The lowest BCUT2D eigenvalue weighted by atomic mass is 9.94. The minimum Gasteiger partial charge on any atom is -0.454 e. The van der Waals surface area contributed by atoms with Crippen LogP contribution in [0.3, 0.4) is 0 Å². The van der Waals surface area contributed by atoms with Gasteiger partial charge in [-0.15, -0.1) is 12.4 Å². The first kappa shape index (κ1) is 15.9. The van der Waals surface area contributed by atoms with Gasteiger partial charge in [-0.05, 0) is 29.8 Å². The van der Waals surface area contributed by atoms with E-state index < -0.39 is 0 Å². The Balaban J connectivity index is 0.00000156. The highest BCUT2D eigenvalue weighted by Gasteiger charge is 2.29. The largest absolute Gasteiger partial charge is 0.454 e. The second kappa shape index (κ2) is 7.04. The quantitative estimate of drug-likeness (QED) is 0.796. The number of fused-ring (bicyclic) bond motifs is 1. The topological polar surface area (TPSA) is 67.4 Å². The van der Waals surface area contributed by atoms with E-state index in [1.165, 1.54) is 5.56 Å². The van der Waals surface area contributed by atoms with Gasteiger partial charge in [0.05, 0.1) is 6.04 Å². The van der Waals surface area contributed by atoms with E-state index in [0.717, 1.165) is 30.4 Å². The van der Waals surface area contributed by atoms with E-state index in [2.05, 4.69) is 33.3 Å². The maximum absolute atomic E-state index is 5.47. The third-order valence-corrected chi connectivity index (χ3v) is 4.06. The second-order valence-corrected chi connectivity index (χ2v) is 5.47. The maximum atomic E-state index is 5.47. The molecule has 1 aromatic heterocycles. The van der Waals surface area contributed by atoms with Gasteiger partial charge in [0.15, 0.2) is 11.5 Å². The van der Waals surface area contributed by atoms with Gasteiger partial charge < -0.3 is 14.8 Å². The lowest BCUT2D eigenvalue weighted by Crippen LogP contribution is -2.26.